The Kier molecular flexibility index (Phi) is 4.53. The third-order valence-electron chi connectivity index (χ3n) is 4.06. The van der Waals surface area contributed by atoms with E-state index in [1.165, 1.54) is 0 Å². The second kappa shape index (κ2) is 6.75. The molecule has 2 aromatic rings. The number of amides is 1. The SMILES string of the molecule is CCOC[C@H]1CCCN1C(=O)c1ccccc1-c1ncc[nH]1. The lowest BCUT2D eigenvalue weighted by Crippen LogP contribution is -2.38. The normalized spacial score (nSPS) is 17.9. The maximum absolute atomic E-state index is 13.0. The minimum Gasteiger partial charge on any atom is -0.380 e. The molecule has 0 saturated carbocycles. The molecule has 1 aliphatic rings. The summed E-state index contributed by atoms with van der Waals surface area (Å²) in [5, 5.41) is 0. The van der Waals surface area contributed by atoms with Gasteiger partial charge in [0.05, 0.1) is 18.2 Å². The molecule has 0 radical (unpaired) electrons. The monoisotopic (exact) mass is 299 g/mol. The lowest BCUT2D eigenvalue weighted by molar-refractivity contribution is 0.0565. The van der Waals surface area contributed by atoms with E-state index in [0.717, 1.165) is 30.8 Å². The van der Waals surface area contributed by atoms with Gasteiger partial charge in [0.2, 0.25) is 0 Å². The first-order valence-electron chi connectivity index (χ1n) is 7.78. The van der Waals surface area contributed by atoms with Crippen molar-refractivity contribution >= 4 is 5.91 Å². The second-order valence-corrected chi connectivity index (χ2v) is 5.44. The van der Waals surface area contributed by atoms with Crippen LogP contribution in [-0.2, 0) is 4.74 Å². The number of aromatic amines is 1. The van der Waals surface area contributed by atoms with Gasteiger partial charge in [-0.3, -0.25) is 4.79 Å². The first-order chi connectivity index (χ1) is 10.8. The molecule has 1 saturated heterocycles. The topological polar surface area (TPSA) is 58.2 Å². The Labute approximate surface area is 130 Å². The fourth-order valence-electron chi connectivity index (χ4n) is 2.97. The van der Waals surface area contributed by atoms with Crippen LogP contribution < -0.4 is 0 Å². The maximum atomic E-state index is 13.0. The predicted molar refractivity (Wildman–Crippen MR) is 84.6 cm³/mol. The number of hydrogen-bond donors (Lipinski definition) is 1. The van der Waals surface area contributed by atoms with Gasteiger partial charge in [-0.1, -0.05) is 18.2 Å². The van der Waals surface area contributed by atoms with Crippen molar-refractivity contribution < 1.29 is 9.53 Å². The van der Waals surface area contributed by atoms with E-state index in [9.17, 15) is 4.79 Å². The largest absolute Gasteiger partial charge is 0.380 e. The van der Waals surface area contributed by atoms with Gasteiger partial charge in [0, 0.05) is 31.1 Å². The molecule has 116 valence electrons. The van der Waals surface area contributed by atoms with Gasteiger partial charge in [-0.25, -0.2) is 4.98 Å². The minimum atomic E-state index is 0.0641. The number of likely N-dealkylation sites (tertiary alicyclic amines) is 1. The molecule has 0 aliphatic carbocycles. The Morgan fingerprint density at radius 2 is 2.32 bits per heavy atom. The molecular weight excluding hydrogens is 278 g/mol. The number of ether oxygens (including phenoxy) is 1. The van der Waals surface area contributed by atoms with Gasteiger partial charge in [0.1, 0.15) is 5.82 Å². The molecule has 5 heteroatoms. The van der Waals surface area contributed by atoms with Crippen molar-refractivity contribution in [1.82, 2.24) is 14.9 Å². The van der Waals surface area contributed by atoms with Gasteiger partial charge < -0.3 is 14.6 Å². The van der Waals surface area contributed by atoms with Crippen molar-refractivity contribution in [1.29, 1.82) is 0 Å². The highest BCUT2D eigenvalue weighted by Gasteiger charge is 2.30. The number of nitrogens with zero attached hydrogens (tertiary/aromatic N) is 2. The number of nitrogens with one attached hydrogen (secondary N) is 1. The first-order valence-corrected chi connectivity index (χ1v) is 7.78. The van der Waals surface area contributed by atoms with Crippen LogP contribution in [0.3, 0.4) is 0 Å². The van der Waals surface area contributed by atoms with Crippen LogP contribution in [0.1, 0.15) is 30.1 Å². The molecule has 0 bridgehead atoms. The molecule has 5 nitrogen and oxygen atoms in total. The minimum absolute atomic E-state index is 0.0641. The zero-order chi connectivity index (χ0) is 15.4. The Hall–Kier alpha value is -2.14. The second-order valence-electron chi connectivity index (χ2n) is 5.44. The summed E-state index contributed by atoms with van der Waals surface area (Å²) in [7, 11) is 0. The molecule has 22 heavy (non-hydrogen) atoms. The number of benzene rings is 1. The van der Waals surface area contributed by atoms with Crippen molar-refractivity contribution in [2.75, 3.05) is 19.8 Å². The van der Waals surface area contributed by atoms with E-state index in [1.807, 2.05) is 36.1 Å². The summed E-state index contributed by atoms with van der Waals surface area (Å²) < 4.78 is 5.52. The van der Waals surface area contributed by atoms with Crippen LogP contribution in [-0.4, -0.2) is 46.6 Å². The number of imidazole rings is 1. The van der Waals surface area contributed by atoms with E-state index in [0.29, 0.717) is 18.8 Å². The van der Waals surface area contributed by atoms with Gasteiger partial charge in [-0.15, -0.1) is 0 Å². The van der Waals surface area contributed by atoms with Crippen molar-refractivity contribution in [2.24, 2.45) is 0 Å². The van der Waals surface area contributed by atoms with Crippen molar-refractivity contribution in [3.63, 3.8) is 0 Å². The molecule has 1 N–H and O–H groups in total. The average molecular weight is 299 g/mol. The number of carbonyl (C=O) groups excluding carboxylic acids is 1. The standard InChI is InChI=1S/C17H21N3O2/c1-2-22-12-13-6-5-11-20(13)17(21)15-8-4-3-7-14(15)16-18-9-10-19-16/h3-4,7-10,13H,2,5-6,11-12H2,1H3,(H,18,19)/t13-/m1/s1. The van der Waals surface area contributed by atoms with Crippen LogP contribution in [0.5, 0.6) is 0 Å². The molecule has 1 fully saturated rings. The van der Waals surface area contributed by atoms with Crippen LogP contribution in [0.4, 0.5) is 0 Å². The Morgan fingerprint density at radius 3 is 3.09 bits per heavy atom. The number of rotatable bonds is 5. The fourth-order valence-corrected chi connectivity index (χ4v) is 2.97. The summed E-state index contributed by atoms with van der Waals surface area (Å²) in [4.78, 5) is 22.3. The van der Waals surface area contributed by atoms with Crippen LogP contribution in [0.2, 0.25) is 0 Å². The molecule has 1 aliphatic heterocycles. The maximum Gasteiger partial charge on any atom is 0.254 e. The quantitative estimate of drug-likeness (QED) is 0.923. The lowest BCUT2D eigenvalue weighted by Gasteiger charge is -2.25. The van der Waals surface area contributed by atoms with Gasteiger partial charge in [-0.05, 0) is 25.8 Å². The van der Waals surface area contributed by atoms with Gasteiger partial charge in [0.25, 0.3) is 5.91 Å². The Bertz CT molecular complexity index is 625. The fraction of sp³-hybridized carbons (Fsp3) is 0.412. The Morgan fingerprint density at radius 1 is 1.45 bits per heavy atom. The smallest absolute Gasteiger partial charge is 0.254 e. The molecule has 0 unspecified atom stereocenters. The summed E-state index contributed by atoms with van der Waals surface area (Å²) in [5.41, 5.74) is 1.54. The number of aromatic nitrogens is 2. The van der Waals surface area contributed by atoms with E-state index in [4.69, 9.17) is 4.74 Å². The summed E-state index contributed by atoms with van der Waals surface area (Å²) in [6.07, 6.45) is 5.51. The summed E-state index contributed by atoms with van der Waals surface area (Å²) in [5.74, 6) is 0.790. The Balaban J connectivity index is 1.86. The number of H-pyrrole nitrogens is 1. The average Bonchev–Trinajstić information content (AvgIpc) is 3.23. The molecule has 0 spiro atoms. The lowest BCUT2D eigenvalue weighted by atomic mass is 10.1. The molecular formula is C17H21N3O2. The van der Waals surface area contributed by atoms with Crippen LogP contribution in [0.15, 0.2) is 36.7 Å². The third kappa shape index (κ3) is 2.90. The van der Waals surface area contributed by atoms with Crippen LogP contribution in [0, 0.1) is 0 Å². The summed E-state index contributed by atoms with van der Waals surface area (Å²) >= 11 is 0. The van der Waals surface area contributed by atoms with Gasteiger partial charge in [-0.2, -0.15) is 0 Å². The third-order valence-corrected chi connectivity index (χ3v) is 4.06. The van der Waals surface area contributed by atoms with E-state index in [-0.39, 0.29) is 11.9 Å². The molecule has 1 atom stereocenters. The zero-order valence-corrected chi connectivity index (χ0v) is 12.8. The molecule has 1 aromatic heterocycles. The van der Waals surface area contributed by atoms with Gasteiger partial charge in [0.15, 0.2) is 0 Å². The van der Waals surface area contributed by atoms with Crippen LogP contribution >= 0.6 is 0 Å². The van der Waals surface area contributed by atoms with E-state index < -0.39 is 0 Å². The van der Waals surface area contributed by atoms with E-state index in [2.05, 4.69) is 9.97 Å². The van der Waals surface area contributed by atoms with E-state index >= 15 is 0 Å². The highest BCUT2D eigenvalue weighted by molar-refractivity contribution is 6.00. The molecule has 1 aromatic carbocycles. The number of carbonyl (C=O) groups is 1. The van der Waals surface area contributed by atoms with Crippen molar-refractivity contribution in [3.8, 4) is 11.4 Å². The van der Waals surface area contributed by atoms with Crippen LogP contribution in [0.25, 0.3) is 11.4 Å². The number of hydrogen-bond acceptors (Lipinski definition) is 3. The van der Waals surface area contributed by atoms with Crippen molar-refractivity contribution in [2.45, 2.75) is 25.8 Å². The predicted octanol–water partition coefficient (Wildman–Crippen LogP) is 2.72. The highest BCUT2D eigenvalue weighted by Crippen LogP contribution is 2.25. The molecule has 3 rings (SSSR count). The summed E-state index contributed by atoms with van der Waals surface area (Å²) in [6.45, 7) is 4.07. The molecule has 1 amide bonds. The highest BCUT2D eigenvalue weighted by atomic mass is 16.5. The van der Waals surface area contributed by atoms with E-state index in [1.54, 1.807) is 12.4 Å². The molecule has 2 heterocycles. The summed E-state index contributed by atoms with van der Waals surface area (Å²) in [6, 6.07) is 7.80. The first kappa shape index (κ1) is 14.8. The zero-order valence-electron chi connectivity index (χ0n) is 12.8. The van der Waals surface area contributed by atoms with Crippen molar-refractivity contribution in [3.05, 3.63) is 42.2 Å². The van der Waals surface area contributed by atoms with Gasteiger partial charge >= 0.3 is 0 Å².